The van der Waals surface area contributed by atoms with Gasteiger partial charge in [-0.15, -0.1) is 0 Å². The van der Waals surface area contributed by atoms with Gasteiger partial charge in [0.1, 0.15) is 17.4 Å². The summed E-state index contributed by atoms with van der Waals surface area (Å²) in [6.07, 6.45) is -0.0555. The number of carbonyl (C=O) groups excluding carboxylic acids is 2. The summed E-state index contributed by atoms with van der Waals surface area (Å²) in [5, 5.41) is 0.921. The number of fused-ring (bicyclic) bond motifs is 1. The fraction of sp³-hybridized carbons (Fsp3) is 0.346. The minimum Gasteiger partial charge on any atom is -0.497 e. The van der Waals surface area contributed by atoms with Gasteiger partial charge in [0.25, 0.3) is 0 Å². The lowest BCUT2D eigenvalue weighted by Gasteiger charge is -2.20. The normalized spacial score (nSPS) is 11.6. The molecule has 0 bridgehead atoms. The second kappa shape index (κ2) is 11.0. The van der Waals surface area contributed by atoms with Crippen LogP contribution in [0.5, 0.6) is 5.75 Å². The molecule has 3 rings (SSSR count). The van der Waals surface area contributed by atoms with Crippen molar-refractivity contribution in [3.8, 4) is 5.75 Å². The molecule has 0 radical (unpaired) electrons. The standard InChI is InChI=1S/C26H32N4O5S/c1-17-12-22(35-5)13-18(2)26(17)36(33,34)30(4)16-21(31)8-11-25(32)29(3)15-19-6-9-23-20(14-19)7-10-24(27)28-23/h6-7,9-10,12-14H,8,11,15-16H2,1-5H3,(H2,27,28). The predicted octanol–water partition coefficient (Wildman–Crippen LogP) is 3.07. The highest BCUT2D eigenvalue weighted by molar-refractivity contribution is 7.89. The molecular formula is C26H32N4O5S. The number of nitrogens with zero attached hydrogens (tertiary/aromatic N) is 3. The van der Waals surface area contributed by atoms with E-state index in [0.29, 0.717) is 29.2 Å². The maximum atomic E-state index is 13.1. The second-order valence-corrected chi connectivity index (χ2v) is 10.9. The summed E-state index contributed by atoms with van der Waals surface area (Å²) in [5.41, 5.74) is 8.49. The van der Waals surface area contributed by atoms with Crippen LogP contribution in [0.25, 0.3) is 10.9 Å². The molecule has 0 atom stereocenters. The number of sulfonamides is 1. The van der Waals surface area contributed by atoms with Crippen LogP contribution in [0.15, 0.2) is 47.4 Å². The van der Waals surface area contributed by atoms with Crippen molar-refractivity contribution in [2.24, 2.45) is 0 Å². The number of ether oxygens (including phenoxy) is 1. The molecule has 3 aromatic rings. The van der Waals surface area contributed by atoms with Crippen molar-refractivity contribution in [3.05, 3.63) is 59.2 Å². The SMILES string of the molecule is COc1cc(C)c(S(=O)(=O)N(C)CC(=O)CCC(=O)N(C)Cc2ccc3nc(N)ccc3c2)c(C)c1. The highest BCUT2D eigenvalue weighted by Gasteiger charge is 2.27. The molecule has 0 saturated carbocycles. The van der Waals surface area contributed by atoms with Crippen LogP contribution in [0, 0.1) is 13.8 Å². The van der Waals surface area contributed by atoms with Crippen molar-refractivity contribution in [2.75, 3.05) is 33.5 Å². The Hall–Kier alpha value is -3.50. The Labute approximate surface area is 211 Å². The molecule has 0 aliphatic rings. The fourth-order valence-electron chi connectivity index (χ4n) is 4.09. The third-order valence-corrected chi connectivity index (χ3v) is 8.08. The number of amides is 1. The van der Waals surface area contributed by atoms with Crippen molar-refractivity contribution >= 4 is 38.4 Å². The summed E-state index contributed by atoms with van der Waals surface area (Å²) >= 11 is 0. The lowest BCUT2D eigenvalue weighted by molar-refractivity contribution is -0.132. The van der Waals surface area contributed by atoms with E-state index >= 15 is 0 Å². The molecule has 1 aromatic heterocycles. The summed E-state index contributed by atoms with van der Waals surface area (Å²) in [6, 6.07) is 12.6. The van der Waals surface area contributed by atoms with E-state index in [9.17, 15) is 18.0 Å². The van der Waals surface area contributed by atoms with Gasteiger partial charge in [-0.1, -0.05) is 6.07 Å². The number of rotatable bonds is 10. The van der Waals surface area contributed by atoms with Crippen molar-refractivity contribution in [1.29, 1.82) is 0 Å². The summed E-state index contributed by atoms with van der Waals surface area (Å²) in [5.74, 6) is 0.475. The molecule has 192 valence electrons. The Kier molecular flexibility index (Phi) is 8.31. The molecule has 2 N–H and O–H groups in total. The number of hydrogen-bond donors (Lipinski definition) is 1. The number of nitrogen functional groups attached to an aromatic ring is 1. The van der Waals surface area contributed by atoms with Crippen LogP contribution in [0.2, 0.25) is 0 Å². The van der Waals surface area contributed by atoms with E-state index in [1.807, 2.05) is 24.3 Å². The summed E-state index contributed by atoms with van der Waals surface area (Å²) < 4.78 is 32.5. The molecule has 0 unspecified atom stereocenters. The molecule has 2 aromatic carbocycles. The zero-order valence-corrected chi connectivity index (χ0v) is 22.1. The Morgan fingerprint density at radius 1 is 1.00 bits per heavy atom. The monoisotopic (exact) mass is 512 g/mol. The average molecular weight is 513 g/mol. The molecule has 0 spiro atoms. The maximum absolute atomic E-state index is 13.1. The highest BCUT2D eigenvalue weighted by atomic mass is 32.2. The van der Waals surface area contributed by atoms with Crippen molar-refractivity contribution in [1.82, 2.24) is 14.2 Å². The van der Waals surface area contributed by atoms with Crippen LogP contribution >= 0.6 is 0 Å². The minimum absolute atomic E-state index is 0.00448. The second-order valence-electron chi connectivity index (χ2n) is 8.90. The van der Waals surface area contributed by atoms with Gasteiger partial charge in [0, 0.05) is 38.9 Å². The number of aromatic nitrogens is 1. The summed E-state index contributed by atoms with van der Waals surface area (Å²) in [7, 11) is 0.666. The van der Waals surface area contributed by atoms with Gasteiger partial charge in [-0.3, -0.25) is 9.59 Å². The molecule has 0 saturated heterocycles. The number of benzene rings is 2. The molecular weight excluding hydrogens is 480 g/mol. The highest BCUT2D eigenvalue weighted by Crippen LogP contribution is 2.27. The summed E-state index contributed by atoms with van der Waals surface area (Å²) in [6.45, 7) is 3.44. The number of Topliss-reactive ketones (excluding diaryl/α,β-unsaturated/α-hetero) is 1. The Balaban J connectivity index is 1.57. The number of methoxy groups -OCH3 is 1. The van der Waals surface area contributed by atoms with E-state index < -0.39 is 10.0 Å². The number of anilines is 1. The van der Waals surface area contributed by atoms with Crippen molar-refractivity contribution in [3.63, 3.8) is 0 Å². The smallest absolute Gasteiger partial charge is 0.243 e. The van der Waals surface area contributed by atoms with E-state index in [2.05, 4.69) is 4.98 Å². The largest absolute Gasteiger partial charge is 0.497 e. The number of ketones is 1. The number of hydrogen-bond acceptors (Lipinski definition) is 7. The van der Waals surface area contributed by atoms with Crippen LogP contribution in [-0.4, -0.2) is 62.0 Å². The molecule has 9 nitrogen and oxygen atoms in total. The molecule has 0 aliphatic heterocycles. The van der Waals surface area contributed by atoms with Gasteiger partial charge < -0.3 is 15.4 Å². The van der Waals surface area contributed by atoms with Gasteiger partial charge >= 0.3 is 0 Å². The predicted molar refractivity (Wildman–Crippen MR) is 139 cm³/mol. The van der Waals surface area contributed by atoms with Crippen molar-refractivity contribution in [2.45, 2.75) is 38.1 Å². The first-order chi connectivity index (χ1) is 16.9. The van der Waals surface area contributed by atoms with E-state index in [1.165, 1.54) is 14.2 Å². The minimum atomic E-state index is -3.89. The first-order valence-electron chi connectivity index (χ1n) is 11.4. The molecule has 1 amide bonds. The lowest BCUT2D eigenvalue weighted by Crippen LogP contribution is -2.34. The number of pyridine rings is 1. The maximum Gasteiger partial charge on any atom is 0.243 e. The van der Waals surface area contributed by atoms with Gasteiger partial charge in [0.15, 0.2) is 0 Å². The van der Waals surface area contributed by atoms with Crippen LogP contribution in [0.4, 0.5) is 5.82 Å². The first kappa shape index (κ1) is 27.1. The van der Waals surface area contributed by atoms with Gasteiger partial charge in [-0.05, 0) is 66.9 Å². The van der Waals surface area contributed by atoms with E-state index in [1.54, 1.807) is 44.0 Å². The molecule has 10 heteroatoms. The van der Waals surface area contributed by atoms with Gasteiger partial charge in [0.2, 0.25) is 15.9 Å². The fourth-order valence-corrected chi connectivity index (χ4v) is 5.65. The van der Waals surface area contributed by atoms with Crippen molar-refractivity contribution < 1.29 is 22.7 Å². The van der Waals surface area contributed by atoms with Gasteiger partial charge in [-0.2, -0.15) is 4.31 Å². The number of nitrogens with two attached hydrogens (primary N) is 1. The van der Waals surface area contributed by atoms with Crippen LogP contribution in [-0.2, 0) is 26.2 Å². The summed E-state index contributed by atoms with van der Waals surface area (Å²) in [4.78, 5) is 31.1. The Morgan fingerprint density at radius 3 is 2.31 bits per heavy atom. The van der Waals surface area contributed by atoms with E-state index in [0.717, 1.165) is 20.8 Å². The number of carbonyl (C=O) groups is 2. The topological polar surface area (TPSA) is 123 Å². The van der Waals surface area contributed by atoms with E-state index in [4.69, 9.17) is 10.5 Å². The first-order valence-corrected chi connectivity index (χ1v) is 12.9. The average Bonchev–Trinajstić information content (AvgIpc) is 2.81. The Bertz CT molecular complexity index is 1380. The lowest BCUT2D eigenvalue weighted by atomic mass is 10.1. The molecule has 1 heterocycles. The molecule has 0 fully saturated rings. The van der Waals surface area contributed by atoms with Crippen LogP contribution in [0.3, 0.4) is 0 Å². The zero-order valence-electron chi connectivity index (χ0n) is 21.2. The van der Waals surface area contributed by atoms with Crippen LogP contribution in [0.1, 0.15) is 29.5 Å². The Morgan fingerprint density at radius 2 is 1.67 bits per heavy atom. The quantitative estimate of drug-likeness (QED) is 0.443. The van der Waals surface area contributed by atoms with Gasteiger partial charge in [0.05, 0.1) is 24.1 Å². The number of likely N-dealkylation sites (N-methyl/N-ethyl adjacent to an activating group) is 1. The third-order valence-electron chi connectivity index (χ3n) is 5.98. The van der Waals surface area contributed by atoms with Gasteiger partial charge in [-0.25, -0.2) is 13.4 Å². The third kappa shape index (κ3) is 6.19. The molecule has 0 aliphatic carbocycles. The molecule has 36 heavy (non-hydrogen) atoms. The zero-order chi connectivity index (χ0) is 26.6. The van der Waals surface area contributed by atoms with Crippen LogP contribution < -0.4 is 10.5 Å². The number of aryl methyl sites for hydroxylation is 2. The van der Waals surface area contributed by atoms with E-state index in [-0.39, 0.29) is 36.0 Å².